The molecule has 0 saturated carbocycles. The number of carbonyl (C=O) groups excluding carboxylic acids is 1. The Labute approximate surface area is 129 Å². The van der Waals surface area contributed by atoms with Crippen molar-refractivity contribution in [3.05, 3.63) is 68.4 Å². The summed E-state index contributed by atoms with van der Waals surface area (Å²) >= 11 is 3.25. The molecule has 0 fully saturated rings. The van der Waals surface area contributed by atoms with E-state index in [-0.39, 0.29) is 17.2 Å². The summed E-state index contributed by atoms with van der Waals surface area (Å²) in [6.07, 6.45) is 3.33. The number of amides is 1. The van der Waals surface area contributed by atoms with Crippen LogP contribution >= 0.6 is 15.9 Å². The van der Waals surface area contributed by atoms with Crippen molar-refractivity contribution in [2.45, 2.75) is 6.54 Å². The average Bonchev–Trinajstić information content (AvgIpc) is 2.47. The van der Waals surface area contributed by atoms with Gasteiger partial charge in [-0.3, -0.25) is 19.9 Å². The van der Waals surface area contributed by atoms with Gasteiger partial charge in [0.1, 0.15) is 0 Å². The summed E-state index contributed by atoms with van der Waals surface area (Å²) < 4.78 is 0.524. The molecule has 1 amide bonds. The van der Waals surface area contributed by atoms with Crippen LogP contribution < -0.4 is 0 Å². The summed E-state index contributed by atoms with van der Waals surface area (Å²) in [5.41, 5.74) is 1.03. The smallest absolute Gasteiger partial charge is 0.270 e. The highest BCUT2D eigenvalue weighted by Gasteiger charge is 2.18. The molecule has 0 bridgehead atoms. The van der Waals surface area contributed by atoms with E-state index in [1.165, 1.54) is 23.1 Å². The molecule has 0 N–H and O–H groups in total. The maximum absolute atomic E-state index is 12.4. The molecule has 108 valence electrons. The molecule has 2 aromatic rings. The van der Waals surface area contributed by atoms with Crippen molar-refractivity contribution in [1.29, 1.82) is 0 Å². The van der Waals surface area contributed by atoms with Gasteiger partial charge in [0.25, 0.3) is 11.6 Å². The topological polar surface area (TPSA) is 76.3 Å². The first-order valence-corrected chi connectivity index (χ1v) is 6.86. The van der Waals surface area contributed by atoms with Crippen LogP contribution in [0.1, 0.15) is 15.9 Å². The van der Waals surface area contributed by atoms with E-state index in [1.54, 1.807) is 25.5 Å². The monoisotopic (exact) mass is 349 g/mol. The number of hydrogen-bond acceptors (Lipinski definition) is 4. The molecule has 1 aromatic carbocycles. The average molecular weight is 350 g/mol. The minimum atomic E-state index is -0.523. The standard InChI is InChI=1S/C14H12BrN3O3/c1-17(9-10-3-2-6-16-8-10)14(19)12-7-11(18(20)21)4-5-13(12)15/h2-8H,9H2,1H3. The minimum Gasteiger partial charge on any atom is -0.337 e. The lowest BCUT2D eigenvalue weighted by molar-refractivity contribution is -0.384. The van der Waals surface area contributed by atoms with Gasteiger partial charge < -0.3 is 4.90 Å². The van der Waals surface area contributed by atoms with Gasteiger partial charge in [0.2, 0.25) is 0 Å². The Morgan fingerprint density at radius 3 is 2.81 bits per heavy atom. The van der Waals surface area contributed by atoms with Crippen LogP contribution in [0, 0.1) is 10.1 Å². The number of benzene rings is 1. The van der Waals surface area contributed by atoms with Crippen molar-refractivity contribution in [2.75, 3.05) is 7.05 Å². The van der Waals surface area contributed by atoms with Crippen LogP contribution in [-0.2, 0) is 6.54 Å². The van der Waals surface area contributed by atoms with E-state index in [4.69, 9.17) is 0 Å². The molecule has 21 heavy (non-hydrogen) atoms. The largest absolute Gasteiger partial charge is 0.337 e. The molecule has 2 rings (SSSR count). The Balaban J connectivity index is 2.23. The van der Waals surface area contributed by atoms with Gasteiger partial charge >= 0.3 is 0 Å². The highest BCUT2D eigenvalue weighted by Crippen LogP contribution is 2.24. The van der Waals surface area contributed by atoms with Crippen molar-refractivity contribution in [1.82, 2.24) is 9.88 Å². The van der Waals surface area contributed by atoms with E-state index < -0.39 is 4.92 Å². The Morgan fingerprint density at radius 1 is 1.43 bits per heavy atom. The fourth-order valence-corrected chi connectivity index (χ4v) is 2.25. The Hall–Kier alpha value is -2.28. The van der Waals surface area contributed by atoms with Gasteiger partial charge in [-0.1, -0.05) is 6.07 Å². The maximum atomic E-state index is 12.4. The van der Waals surface area contributed by atoms with Gasteiger partial charge in [0, 0.05) is 42.6 Å². The second kappa shape index (κ2) is 6.45. The Bertz CT molecular complexity index is 676. The SMILES string of the molecule is CN(Cc1cccnc1)C(=O)c1cc([N+](=O)[O-])ccc1Br. The highest BCUT2D eigenvalue weighted by atomic mass is 79.9. The summed E-state index contributed by atoms with van der Waals surface area (Å²) in [5, 5.41) is 10.8. The van der Waals surface area contributed by atoms with E-state index in [1.807, 2.05) is 6.07 Å². The molecule has 6 nitrogen and oxygen atoms in total. The first kappa shape index (κ1) is 15.1. The molecule has 0 aliphatic rings. The van der Waals surface area contributed by atoms with Crippen LogP contribution in [0.25, 0.3) is 0 Å². The summed E-state index contributed by atoms with van der Waals surface area (Å²) in [7, 11) is 1.64. The lowest BCUT2D eigenvalue weighted by Crippen LogP contribution is -2.26. The molecule has 0 radical (unpaired) electrons. The van der Waals surface area contributed by atoms with Crippen LogP contribution in [-0.4, -0.2) is 27.8 Å². The number of nitro groups is 1. The second-order valence-corrected chi connectivity index (χ2v) is 5.30. The highest BCUT2D eigenvalue weighted by molar-refractivity contribution is 9.10. The third kappa shape index (κ3) is 3.63. The number of carbonyl (C=O) groups is 1. The van der Waals surface area contributed by atoms with E-state index in [9.17, 15) is 14.9 Å². The molecule has 0 saturated heterocycles. The first-order valence-electron chi connectivity index (χ1n) is 6.07. The third-order valence-electron chi connectivity index (χ3n) is 2.88. The maximum Gasteiger partial charge on any atom is 0.270 e. The number of nitrogens with zero attached hydrogens (tertiary/aromatic N) is 3. The zero-order chi connectivity index (χ0) is 15.4. The van der Waals surface area contributed by atoms with Crippen LogP contribution in [0.15, 0.2) is 47.2 Å². The quantitative estimate of drug-likeness (QED) is 0.627. The number of pyridine rings is 1. The van der Waals surface area contributed by atoms with Gasteiger partial charge in [-0.15, -0.1) is 0 Å². The van der Waals surface area contributed by atoms with Gasteiger partial charge in [-0.2, -0.15) is 0 Å². The molecule has 0 aliphatic heterocycles. The number of nitro benzene ring substituents is 1. The Kier molecular flexibility index (Phi) is 4.64. The minimum absolute atomic E-state index is 0.115. The van der Waals surface area contributed by atoms with E-state index >= 15 is 0 Å². The van der Waals surface area contributed by atoms with Crippen molar-refractivity contribution < 1.29 is 9.72 Å². The van der Waals surface area contributed by atoms with Gasteiger partial charge in [-0.25, -0.2) is 0 Å². The number of halogens is 1. The van der Waals surface area contributed by atoms with Crippen LogP contribution in [0.5, 0.6) is 0 Å². The molecule has 0 unspecified atom stereocenters. The lowest BCUT2D eigenvalue weighted by Gasteiger charge is -2.17. The van der Waals surface area contributed by atoms with E-state index in [0.29, 0.717) is 11.0 Å². The zero-order valence-corrected chi connectivity index (χ0v) is 12.8. The first-order chi connectivity index (χ1) is 9.99. The zero-order valence-electron chi connectivity index (χ0n) is 11.2. The molecule has 1 aromatic heterocycles. The molecule has 0 aliphatic carbocycles. The normalized spacial score (nSPS) is 10.2. The van der Waals surface area contributed by atoms with Crippen LogP contribution in [0.3, 0.4) is 0 Å². The second-order valence-electron chi connectivity index (χ2n) is 4.44. The molecular formula is C14H12BrN3O3. The molecular weight excluding hydrogens is 338 g/mol. The van der Waals surface area contributed by atoms with Gasteiger partial charge in [0.05, 0.1) is 10.5 Å². The summed E-state index contributed by atoms with van der Waals surface area (Å²) in [6, 6.07) is 7.77. The van der Waals surface area contributed by atoms with Crippen molar-refractivity contribution >= 4 is 27.5 Å². The van der Waals surface area contributed by atoms with Gasteiger partial charge in [0.15, 0.2) is 0 Å². The third-order valence-corrected chi connectivity index (χ3v) is 3.57. The number of non-ortho nitro benzene ring substituents is 1. The molecule has 0 spiro atoms. The summed E-state index contributed by atoms with van der Waals surface area (Å²) in [4.78, 5) is 28.2. The fraction of sp³-hybridized carbons (Fsp3) is 0.143. The summed E-state index contributed by atoms with van der Waals surface area (Å²) in [5.74, 6) is -0.297. The lowest BCUT2D eigenvalue weighted by atomic mass is 10.1. The molecule has 0 atom stereocenters. The van der Waals surface area contributed by atoms with Crippen molar-refractivity contribution in [2.24, 2.45) is 0 Å². The number of aromatic nitrogens is 1. The van der Waals surface area contributed by atoms with Crippen LogP contribution in [0.4, 0.5) is 5.69 Å². The summed E-state index contributed by atoms with van der Waals surface area (Å²) in [6.45, 7) is 0.377. The Morgan fingerprint density at radius 2 is 2.19 bits per heavy atom. The van der Waals surface area contributed by atoms with Crippen molar-refractivity contribution in [3.63, 3.8) is 0 Å². The van der Waals surface area contributed by atoms with Gasteiger partial charge in [-0.05, 0) is 33.6 Å². The van der Waals surface area contributed by atoms with E-state index in [2.05, 4.69) is 20.9 Å². The predicted octanol–water partition coefficient (Wildman–Crippen LogP) is 3.02. The van der Waals surface area contributed by atoms with Crippen molar-refractivity contribution in [3.8, 4) is 0 Å². The van der Waals surface area contributed by atoms with Crippen LogP contribution in [0.2, 0.25) is 0 Å². The van der Waals surface area contributed by atoms with E-state index in [0.717, 1.165) is 5.56 Å². The number of rotatable bonds is 4. The molecule has 1 heterocycles. The molecule has 7 heteroatoms. The number of hydrogen-bond donors (Lipinski definition) is 0. The fourth-order valence-electron chi connectivity index (χ4n) is 1.83. The predicted molar refractivity (Wildman–Crippen MR) is 80.8 cm³/mol.